The summed E-state index contributed by atoms with van der Waals surface area (Å²) in [7, 11) is 0. The quantitative estimate of drug-likeness (QED) is 0.942. The lowest BCUT2D eigenvalue weighted by Crippen LogP contribution is -2.17. The lowest BCUT2D eigenvalue weighted by atomic mass is 10.2. The number of hydrogen-bond acceptors (Lipinski definition) is 3. The van der Waals surface area contributed by atoms with Crippen molar-refractivity contribution in [3.05, 3.63) is 39.8 Å². The fraction of sp³-hybridized carbons (Fsp3) is 0.250. The number of thiazole rings is 1. The Labute approximate surface area is 108 Å². The van der Waals surface area contributed by atoms with Gasteiger partial charge in [0.25, 0.3) is 0 Å². The summed E-state index contributed by atoms with van der Waals surface area (Å²) in [6.45, 7) is 2.00. The van der Waals surface area contributed by atoms with Crippen LogP contribution in [0.15, 0.2) is 34.1 Å². The first-order valence-electron chi connectivity index (χ1n) is 5.11. The van der Waals surface area contributed by atoms with Gasteiger partial charge in [-0.2, -0.15) is 0 Å². The summed E-state index contributed by atoms with van der Waals surface area (Å²) >= 11 is 5.13. The molecule has 0 spiro atoms. The molecular weight excluding hydrogens is 284 g/mol. The number of nitrogens with zero attached hydrogens (tertiary/aromatic N) is 1. The summed E-state index contributed by atoms with van der Waals surface area (Å²) in [5.41, 5.74) is 7.98. The molecule has 2 rings (SSSR count). The molecule has 2 nitrogen and oxygen atoms in total. The van der Waals surface area contributed by atoms with Gasteiger partial charge in [0.1, 0.15) is 5.01 Å². The molecule has 0 saturated heterocycles. The minimum Gasteiger partial charge on any atom is -0.328 e. The standard InChI is InChI=1S/C12H13BrN2S/c1-8(14)5-11-7-16-12(15-11)9-3-2-4-10(13)6-9/h2-4,6-8H,5,14H2,1H3. The molecule has 1 aromatic carbocycles. The van der Waals surface area contributed by atoms with Crippen molar-refractivity contribution in [3.63, 3.8) is 0 Å². The number of nitrogens with two attached hydrogens (primary N) is 1. The number of rotatable bonds is 3. The van der Waals surface area contributed by atoms with E-state index in [0.29, 0.717) is 0 Å². The highest BCUT2D eigenvalue weighted by Gasteiger charge is 2.06. The maximum Gasteiger partial charge on any atom is 0.123 e. The smallest absolute Gasteiger partial charge is 0.123 e. The van der Waals surface area contributed by atoms with E-state index in [1.807, 2.05) is 19.1 Å². The van der Waals surface area contributed by atoms with Crippen LogP contribution in [-0.2, 0) is 6.42 Å². The van der Waals surface area contributed by atoms with E-state index >= 15 is 0 Å². The fourth-order valence-electron chi connectivity index (χ4n) is 1.48. The van der Waals surface area contributed by atoms with Crippen molar-refractivity contribution in [1.82, 2.24) is 4.98 Å². The molecule has 4 heteroatoms. The first kappa shape index (κ1) is 11.8. The maximum absolute atomic E-state index is 5.75. The third-order valence-corrected chi connectivity index (χ3v) is 3.59. The molecule has 0 bridgehead atoms. The van der Waals surface area contributed by atoms with Gasteiger partial charge in [0.2, 0.25) is 0 Å². The van der Waals surface area contributed by atoms with Gasteiger partial charge in [-0.05, 0) is 19.1 Å². The van der Waals surface area contributed by atoms with E-state index in [-0.39, 0.29) is 6.04 Å². The van der Waals surface area contributed by atoms with Gasteiger partial charge in [0.05, 0.1) is 5.69 Å². The highest BCUT2D eigenvalue weighted by atomic mass is 79.9. The molecule has 2 aromatic rings. The average Bonchev–Trinajstić information content (AvgIpc) is 2.65. The van der Waals surface area contributed by atoms with E-state index < -0.39 is 0 Å². The minimum absolute atomic E-state index is 0.164. The van der Waals surface area contributed by atoms with Crippen LogP contribution in [0.1, 0.15) is 12.6 Å². The van der Waals surface area contributed by atoms with Gasteiger partial charge in [-0.25, -0.2) is 4.98 Å². The van der Waals surface area contributed by atoms with Crippen LogP contribution in [0.4, 0.5) is 0 Å². The zero-order chi connectivity index (χ0) is 11.5. The Kier molecular flexibility index (Phi) is 3.74. The van der Waals surface area contributed by atoms with E-state index in [1.54, 1.807) is 11.3 Å². The molecule has 0 fully saturated rings. The second-order valence-electron chi connectivity index (χ2n) is 3.84. The van der Waals surface area contributed by atoms with E-state index in [4.69, 9.17) is 5.73 Å². The predicted octanol–water partition coefficient (Wildman–Crippen LogP) is 3.46. The Bertz CT molecular complexity index is 479. The highest BCUT2D eigenvalue weighted by Crippen LogP contribution is 2.26. The lowest BCUT2D eigenvalue weighted by Gasteiger charge is -2.00. The van der Waals surface area contributed by atoms with Crippen LogP contribution in [0, 0.1) is 0 Å². The van der Waals surface area contributed by atoms with Crippen molar-refractivity contribution in [2.24, 2.45) is 5.73 Å². The third kappa shape index (κ3) is 2.90. The number of hydrogen-bond donors (Lipinski definition) is 1. The third-order valence-electron chi connectivity index (χ3n) is 2.15. The summed E-state index contributed by atoms with van der Waals surface area (Å²) in [6, 6.07) is 8.34. The molecule has 1 unspecified atom stereocenters. The molecule has 16 heavy (non-hydrogen) atoms. The van der Waals surface area contributed by atoms with Crippen LogP contribution >= 0.6 is 27.3 Å². The van der Waals surface area contributed by atoms with Gasteiger partial charge in [-0.1, -0.05) is 28.1 Å². The predicted molar refractivity (Wildman–Crippen MR) is 72.6 cm³/mol. The highest BCUT2D eigenvalue weighted by molar-refractivity contribution is 9.10. The Morgan fingerprint density at radius 2 is 2.31 bits per heavy atom. The minimum atomic E-state index is 0.164. The van der Waals surface area contributed by atoms with Crippen molar-refractivity contribution in [2.75, 3.05) is 0 Å². The Hall–Kier alpha value is -0.710. The molecule has 0 aliphatic carbocycles. The van der Waals surface area contributed by atoms with Gasteiger partial charge in [-0.15, -0.1) is 11.3 Å². The topological polar surface area (TPSA) is 38.9 Å². The summed E-state index contributed by atoms with van der Waals surface area (Å²) in [6.07, 6.45) is 0.838. The van der Waals surface area contributed by atoms with Crippen molar-refractivity contribution in [1.29, 1.82) is 0 Å². The fourth-order valence-corrected chi connectivity index (χ4v) is 2.71. The first-order valence-corrected chi connectivity index (χ1v) is 6.78. The molecule has 0 saturated carbocycles. The number of halogens is 1. The zero-order valence-electron chi connectivity index (χ0n) is 8.98. The largest absolute Gasteiger partial charge is 0.328 e. The molecule has 84 valence electrons. The van der Waals surface area contributed by atoms with Gasteiger partial charge in [0, 0.05) is 27.9 Å². The summed E-state index contributed by atoms with van der Waals surface area (Å²) in [5, 5.41) is 3.14. The first-order chi connectivity index (χ1) is 7.65. The lowest BCUT2D eigenvalue weighted by molar-refractivity contribution is 0.726. The zero-order valence-corrected chi connectivity index (χ0v) is 11.4. The van der Waals surface area contributed by atoms with E-state index in [1.165, 1.54) is 0 Å². The van der Waals surface area contributed by atoms with Crippen LogP contribution in [0.3, 0.4) is 0 Å². The van der Waals surface area contributed by atoms with Crippen LogP contribution in [0.5, 0.6) is 0 Å². The molecule has 0 aliphatic heterocycles. The second-order valence-corrected chi connectivity index (χ2v) is 5.61. The molecule has 1 heterocycles. The van der Waals surface area contributed by atoms with Crippen LogP contribution in [-0.4, -0.2) is 11.0 Å². The Morgan fingerprint density at radius 1 is 1.50 bits per heavy atom. The normalized spacial score (nSPS) is 12.7. The number of aromatic nitrogens is 1. The van der Waals surface area contributed by atoms with Crippen molar-refractivity contribution in [2.45, 2.75) is 19.4 Å². The SMILES string of the molecule is CC(N)Cc1csc(-c2cccc(Br)c2)n1. The van der Waals surface area contributed by atoms with Gasteiger partial charge in [0.15, 0.2) is 0 Å². The van der Waals surface area contributed by atoms with Crippen LogP contribution in [0.2, 0.25) is 0 Å². The van der Waals surface area contributed by atoms with Crippen molar-refractivity contribution >= 4 is 27.3 Å². The summed E-state index contributed by atoms with van der Waals surface area (Å²) < 4.78 is 1.08. The maximum atomic E-state index is 5.75. The van der Waals surface area contributed by atoms with E-state index in [0.717, 1.165) is 27.2 Å². The van der Waals surface area contributed by atoms with Crippen molar-refractivity contribution in [3.8, 4) is 10.6 Å². The second kappa shape index (κ2) is 5.08. The van der Waals surface area contributed by atoms with E-state index in [2.05, 4.69) is 38.4 Å². The molecule has 0 aliphatic rings. The summed E-state index contributed by atoms with van der Waals surface area (Å²) in [5.74, 6) is 0. The molecule has 2 N–H and O–H groups in total. The number of benzene rings is 1. The Morgan fingerprint density at radius 3 is 3.00 bits per heavy atom. The van der Waals surface area contributed by atoms with Gasteiger partial charge >= 0.3 is 0 Å². The Balaban J connectivity index is 2.24. The summed E-state index contributed by atoms with van der Waals surface area (Å²) in [4.78, 5) is 4.58. The monoisotopic (exact) mass is 296 g/mol. The van der Waals surface area contributed by atoms with E-state index in [9.17, 15) is 0 Å². The van der Waals surface area contributed by atoms with Gasteiger partial charge in [-0.3, -0.25) is 0 Å². The van der Waals surface area contributed by atoms with Crippen LogP contribution < -0.4 is 5.73 Å². The molecule has 0 radical (unpaired) electrons. The van der Waals surface area contributed by atoms with Crippen molar-refractivity contribution < 1.29 is 0 Å². The average molecular weight is 297 g/mol. The molecule has 1 aromatic heterocycles. The molecular formula is C12H13BrN2S. The van der Waals surface area contributed by atoms with Crippen LogP contribution in [0.25, 0.3) is 10.6 Å². The molecule has 0 amide bonds. The molecule has 1 atom stereocenters. The van der Waals surface area contributed by atoms with Gasteiger partial charge < -0.3 is 5.73 Å².